The molecule has 2 heterocycles. The Bertz CT molecular complexity index is 862. The van der Waals surface area contributed by atoms with Crippen molar-refractivity contribution in [1.29, 1.82) is 0 Å². The molecule has 6 nitrogen and oxygen atoms in total. The van der Waals surface area contributed by atoms with E-state index in [9.17, 15) is 4.79 Å². The van der Waals surface area contributed by atoms with Crippen LogP contribution in [0.2, 0.25) is 0 Å². The predicted molar refractivity (Wildman–Crippen MR) is 99.9 cm³/mol. The van der Waals surface area contributed by atoms with Gasteiger partial charge in [0.25, 0.3) is 0 Å². The van der Waals surface area contributed by atoms with Gasteiger partial charge in [-0.15, -0.1) is 0 Å². The Labute approximate surface area is 152 Å². The van der Waals surface area contributed by atoms with Gasteiger partial charge >= 0.3 is 6.03 Å². The van der Waals surface area contributed by atoms with Gasteiger partial charge in [0.05, 0.1) is 24.1 Å². The van der Waals surface area contributed by atoms with Crippen LogP contribution in [0, 0.1) is 5.92 Å². The van der Waals surface area contributed by atoms with Crippen LogP contribution in [0.5, 0.6) is 0 Å². The Morgan fingerprint density at radius 1 is 1.15 bits per heavy atom. The zero-order chi connectivity index (χ0) is 17.8. The molecule has 0 unspecified atom stereocenters. The zero-order valence-corrected chi connectivity index (χ0v) is 14.4. The van der Waals surface area contributed by atoms with Crippen molar-refractivity contribution in [3.8, 4) is 0 Å². The fourth-order valence-corrected chi connectivity index (χ4v) is 3.15. The highest BCUT2D eigenvalue weighted by molar-refractivity contribution is 5.88. The third-order valence-corrected chi connectivity index (χ3v) is 4.62. The molecule has 2 N–H and O–H groups in total. The van der Waals surface area contributed by atoms with E-state index in [0.29, 0.717) is 30.6 Å². The number of pyridine rings is 1. The Morgan fingerprint density at radius 3 is 2.81 bits per heavy atom. The lowest BCUT2D eigenvalue weighted by Crippen LogP contribution is -2.30. The summed E-state index contributed by atoms with van der Waals surface area (Å²) in [7, 11) is 0. The number of benzene rings is 1. The molecule has 2 aromatic heterocycles. The Hall–Kier alpha value is -3.15. The molecule has 3 aromatic rings. The first-order chi connectivity index (χ1) is 12.8. The van der Waals surface area contributed by atoms with E-state index in [-0.39, 0.29) is 6.03 Å². The number of amides is 2. The van der Waals surface area contributed by atoms with E-state index in [1.165, 1.54) is 5.56 Å². The largest absolute Gasteiger partial charge is 0.338 e. The number of nitrogens with one attached hydrogen (secondary N) is 2. The van der Waals surface area contributed by atoms with E-state index < -0.39 is 0 Å². The summed E-state index contributed by atoms with van der Waals surface area (Å²) in [6.07, 6.45) is 6.34. The van der Waals surface area contributed by atoms with Crippen molar-refractivity contribution >= 4 is 11.7 Å². The van der Waals surface area contributed by atoms with Crippen molar-refractivity contribution < 1.29 is 4.79 Å². The molecule has 6 heteroatoms. The number of hydrogen-bond donors (Lipinski definition) is 2. The smallest absolute Gasteiger partial charge is 0.319 e. The highest BCUT2D eigenvalue weighted by Crippen LogP contribution is 2.46. The summed E-state index contributed by atoms with van der Waals surface area (Å²) in [5, 5.41) is 10.0. The second-order valence-corrected chi connectivity index (χ2v) is 6.60. The second kappa shape index (κ2) is 7.39. The molecule has 1 aromatic carbocycles. The first-order valence-corrected chi connectivity index (χ1v) is 8.80. The summed E-state index contributed by atoms with van der Waals surface area (Å²) in [5.74, 6) is 1.09. The molecule has 26 heavy (non-hydrogen) atoms. The van der Waals surface area contributed by atoms with Crippen LogP contribution in [-0.4, -0.2) is 27.3 Å². The molecule has 0 spiro atoms. The topological polar surface area (TPSA) is 71.8 Å². The van der Waals surface area contributed by atoms with Gasteiger partial charge in [-0.2, -0.15) is 5.10 Å². The molecule has 1 fully saturated rings. The zero-order valence-electron chi connectivity index (χ0n) is 14.4. The summed E-state index contributed by atoms with van der Waals surface area (Å²) in [6, 6.07) is 16.0. The van der Waals surface area contributed by atoms with Crippen molar-refractivity contribution in [2.24, 2.45) is 5.92 Å². The van der Waals surface area contributed by atoms with E-state index in [1.807, 2.05) is 24.3 Å². The van der Waals surface area contributed by atoms with E-state index in [2.05, 4.69) is 45.0 Å². The summed E-state index contributed by atoms with van der Waals surface area (Å²) in [5.41, 5.74) is 2.96. The van der Waals surface area contributed by atoms with E-state index >= 15 is 0 Å². The molecule has 1 aliphatic carbocycles. The molecule has 0 saturated heterocycles. The molecule has 0 radical (unpaired) electrons. The SMILES string of the molecule is O=C(NC[C@H]1C[C@H]1c1ccccc1)Nc1cnn(Cc2ccccn2)c1. The normalized spacial score (nSPS) is 18.3. The number of carbonyl (C=O) groups excluding carboxylic acids is 1. The van der Waals surface area contributed by atoms with Crippen LogP contribution in [0.25, 0.3) is 0 Å². The van der Waals surface area contributed by atoms with Gasteiger partial charge in [-0.1, -0.05) is 36.4 Å². The van der Waals surface area contributed by atoms with Gasteiger partial charge in [0.1, 0.15) is 0 Å². The van der Waals surface area contributed by atoms with Crippen molar-refractivity contribution in [2.45, 2.75) is 18.9 Å². The molecular weight excluding hydrogens is 326 g/mol. The highest BCUT2D eigenvalue weighted by atomic mass is 16.2. The number of rotatable bonds is 6. The van der Waals surface area contributed by atoms with Gasteiger partial charge in [-0.05, 0) is 36.0 Å². The third-order valence-electron chi connectivity index (χ3n) is 4.62. The number of urea groups is 1. The van der Waals surface area contributed by atoms with Crippen LogP contribution in [0.3, 0.4) is 0 Å². The van der Waals surface area contributed by atoms with Crippen molar-refractivity contribution in [3.05, 3.63) is 78.4 Å². The monoisotopic (exact) mass is 347 g/mol. The van der Waals surface area contributed by atoms with Crippen LogP contribution in [-0.2, 0) is 6.54 Å². The first kappa shape index (κ1) is 16.3. The molecule has 0 aliphatic heterocycles. The number of hydrogen-bond acceptors (Lipinski definition) is 3. The Morgan fingerprint density at radius 2 is 2.00 bits per heavy atom. The quantitative estimate of drug-likeness (QED) is 0.719. The van der Waals surface area contributed by atoms with Gasteiger partial charge in [0.15, 0.2) is 0 Å². The van der Waals surface area contributed by atoms with Gasteiger partial charge in [-0.3, -0.25) is 9.67 Å². The van der Waals surface area contributed by atoms with E-state index in [4.69, 9.17) is 0 Å². The third kappa shape index (κ3) is 4.08. The van der Waals surface area contributed by atoms with Crippen molar-refractivity contribution in [3.63, 3.8) is 0 Å². The molecular formula is C20H21N5O. The van der Waals surface area contributed by atoms with E-state index in [0.717, 1.165) is 12.1 Å². The molecule has 1 aliphatic rings. The summed E-state index contributed by atoms with van der Waals surface area (Å²) < 4.78 is 1.75. The molecule has 2 amide bonds. The molecule has 1 saturated carbocycles. The van der Waals surface area contributed by atoms with Gasteiger partial charge in [-0.25, -0.2) is 4.79 Å². The van der Waals surface area contributed by atoms with Gasteiger partial charge in [0, 0.05) is 18.9 Å². The van der Waals surface area contributed by atoms with Gasteiger partial charge in [0.2, 0.25) is 0 Å². The Kier molecular flexibility index (Phi) is 4.64. The van der Waals surface area contributed by atoms with Crippen LogP contribution < -0.4 is 10.6 Å². The summed E-state index contributed by atoms with van der Waals surface area (Å²) >= 11 is 0. The molecule has 4 rings (SSSR count). The molecule has 132 valence electrons. The second-order valence-electron chi connectivity index (χ2n) is 6.60. The summed E-state index contributed by atoms with van der Waals surface area (Å²) in [6.45, 7) is 1.26. The number of nitrogens with zero attached hydrogens (tertiary/aromatic N) is 3. The maximum Gasteiger partial charge on any atom is 0.319 e. The average Bonchev–Trinajstić information content (AvgIpc) is 3.34. The minimum atomic E-state index is -0.193. The van der Waals surface area contributed by atoms with Crippen LogP contribution in [0.4, 0.5) is 10.5 Å². The number of aromatic nitrogens is 3. The summed E-state index contributed by atoms with van der Waals surface area (Å²) in [4.78, 5) is 16.4. The lowest BCUT2D eigenvalue weighted by molar-refractivity contribution is 0.251. The standard InChI is InChI=1S/C20H21N5O/c26-20(22-11-16-10-19(16)15-6-2-1-3-7-15)24-18-12-23-25(14-18)13-17-8-4-5-9-21-17/h1-9,12,14,16,19H,10-11,13H2,(H2,22,24,26)/t16-,19+/m1/s1. The minimum absolute atomic E-state index is 0.193. The predicted octanol–water partition coefficient (Wildman–Crippen LogP) is 3.25. The van der Waals surface area contributed by atoms with Crippen molar-refractivity contribution in [2.75, 3.05) is 11.9 Å². The number of carbonyl (C=O) groups is 1. The van der Waals surface area contributed by atoms with Crippen LogP contribution in [0.1, 0.15) is 23.6 Å². The highest BCUT2D eigenvalue weighted by Gasteiger charge is 2.37. The minimum Gasteiger partial charge on any atom is -0.338 e. The fourth-order valence-electron chi connectivity index (χ4n) is 3.15. The lowest BCUT2D eigenvalue weighted by atomic mass is 10.1. The van der Waals surface area contributed by atoms with Crippen LogP contribution in [0.15, 0.2) is 67.1 Å². The maximum absolute atomic E-state index is 12.1. The maximum atomic E-state index is 12.1. The van der Waals surface area contributed by atoms with Crippen LogP contribution >= 0.6 is 0 Å². The van der Waals surface area contributed by atoms with Crippen molar-refractivity contribution in [1.82, 2.24) is 20.1 Å². The lowest BCUT2D eigenvalue weighted by Gasteiger charge is -2.06. The molecule has 0 bridgehead atoms. The Balaban J connectivity index is 1.23. The first-order valence-electron chi connectivity index (χ1n) is 8.80. The van der Waals surface area contributed by atoms with E-state index in [1.54, 1.807) is 23.3 Å². The fraction of sp³-hybridized carbons (Fsp3) is 0.250. The van der Waals surface area contributed by atoms with Gasteiger partial charge < -0.3 is 10.6 Å². The number of anilines is 1. The molecule has 2 atom stereocenters. The average molecular weight is 347 g/mol.